The van der Waals surface area contributed by atoms with Gasteiger partial charge in [0.1, 0.15) is 5.82 Å². The second-order valence-electron chi connectivity index (χ2n) is 8.55. The maximum atomic E-state index is 14.0. The first-order valence-corrected chi connectivity index (χ1v) is 11.0. The molecular weight excluding hydrogens is 385 g/mol. The van der Waals surface area contributed by atoms with Gasteiger partial charge in [0.15, 0.2) is 0 Å². The number of hydrogen-bond donors (Lipinski definition) is 0. The molecule has 2 rings (SSSR count). The van der Waals surface area contributed by atoms with Crippen molar-refractivity contribution in [2.24, 2.45) is 5.41 Å². The Hall–Kier alpha value is -1.95. The van der Waals surface area contributed by atoms with Crippen LogP contribution in [0, 0.1) is 11.2 Å². The molecule has 0 spiro atoms. The molecule has 0 amide bonds. The normalized spacial score (nSPS) is 17.5. The third kappa shape index (κ3) is 6.03. The second-order valence-corrected chi connectivity index (χ2v) is 8.55. The molecule has 1 aromatic carbocycles. The summed E-state index contributed by atoms with van der Waals surface area (Å²) in [6, 6.07) is 6.86. The monoisotopic (exact) mass is 421 g/mol. The van der Waals surface area contributed by atoms with E-state index in [1.807, 2.05) is 20.2 Å². The third-order valence-corrected chi connectivity index (χ3v) is 6.69. The Bertz CT molecular complexity index is 687. The van der Waals surface area contributed by atoms with Gasteiger partial charge >= 0.3 is 11.9 Å². The molecule has 5 nitrogen and oxygen atoms in total. The summed E-state index contributed by atoms with van der Waals surface area (Å²) in [6.45, 7) is 4.36. The highest BCUT2D eigenvalue weighted by atomic mass is 19.1. The number of halogens is 1. The van der Waals surface area contributed by atoms with Crippen LogP contribution in [0.3, 0.4) is 0 Å². The van der Waals surface area contributed by atoms with Crippen molar-refractivity contribution in [1.82, 2.24) is 4.90 Å². The standard InChI is InChI=1S/C24H36FNO4/c1-5-29-21(27)10-12-23(13-11-22(28)30-6-2)14-16-24(17-15-23,26(3)4)19-8-7-9-20(25)18-19/h7-9,18H,5-6,10-17H2,1-4H3. The van der Waals surface area contributed by atoms with Crippen molar-refractivity contribution in [2.75, 3.05) is 27.3 Å². The average molecular weight is 422 g/mol. The topological polar surface area (TPSA) is 55.8 Å². The Balaban J connectivity index is 2.19. The fraction of sp³-hybridized carbons (Fsp3) is 0.667. The molecule has 0 radical (unpaired) electrons. The first-order valence-electron chi connectivity index (χ1n) is 11.0. The van der Waals surface area contributed by atoms with Gasteiger partial charge in [0.05, 0.1) is 13.2 Å². The lowest BCUT2D eigenvalue weighted by Crippen LogP contribution is -2.47. The lowest BCUT2D eigenvalue weighted by atomic mass is 9.61. The Morgan fingerprint density at radius 1 is 0.967 bits per heavy atom. The first-order chi connectivity index (χ1) is 14.3. The van der Waals surface area contributed by atoms with Crippen LogP contribution < -0.4 is 0 Å². The minimum atomic E-state index is -0.251. The molecule has 168 valence electrons. The molecule has 0 N–H and O–H groups in total. The summed E-state index contributed by atoms with van der Waals surface area (Å²) in [5.41, 5.74) is 0.614. The zero-order valence-corrected chi connectivity index (χ0v) is 18.8. The SMILES string of the molecule is CCOC(=O)CCC1(CCC(=O)OCC)CCC(c2cccc(F)c2)(N(C)C)CC1. The van der Waals surface area contributed by atoms with E-state index in [9.17, 15) is 14.0 Å². The number of carbonyl (C=O) groups is 2. The minimum absolute atomic E-state index is 0.119. The van der Waals surface area contributed by atoms with E-state index in [0.29, 0.717) is 38.9 Å². The van der Waals surface area contributed by atoms with E-state index in [1.54, 1.807) is 26.0 Å². The maximum Gasteiger partial charge on any atom is 0.305 e. The maximum absolute atomic E-state index is 14.0. The molecule has 0 unspecified atom stereocenters. The molecule has 1 aliphatic carbocycles. The highest BCUT2D eigenvalue weighted by Gasteiger charge is 2.45. The van der Waals surface area contributed by atoms with Crippen LogP contribution in [0.15, 0.2) is 24.3 Å². The van der Waals surface area contributed by atoms with E-state index in [2.05, 4.69) is 4.90 Å². The van der Waals surface area contributed by atoms with Crippen molar-refractivity contribution in [1.29, 1.82) is 0 Å². The summed E-state index contributed by atoms with van der Waals surface area (Å²) in [5.74, 6) is -0.611. The van der Waals surface area contributed by atoms with Gasteiger partial charge < -0.3 is 9.47 Å². The van der Waals surface area contributed by atoms with Gasteiger partial charge in [-0.05, 0) is 89.6 Å². The van der Waals surface area contributed by atoms with Crippen molar-refractivity contribution in [3.05, 3.63) is 35.6 Å². The molecule has 1 aromatic rings. The largest absolute Gasteiger partial charge is 0.466 e. The van der Waals surface area contributed by atoms with Gasteiger partial charge in [-0.15, -0.1) is 0 Å². The predicted octanol–water partition coefficient (Wildman–Crippen LogP) is 4.83. The zero-order valence-electron chi connectivity index (χ0n) is 18.8. The number of benzene rings is 1. The van der Waals surface area contributed by atoms with Gasteiger partial charge in [-0.2, -0.15) is 0 Å². The number of rotatable bonds is 10. The molecule has 0 aliphatic heterocycles. The second kappa shape index (κ2) is 10.9. The van der Waals surface area contributed by atoms with Crippen molar-refractivity contribution in [3.63, 3.8) is 0 Å². The van der Waals surface area contributed by atoms with Crippen LogP contribution in [0.2, 0.25) is 0 Å². The Morgan fingerprint density at radius 3 is 1.93 bits per heavy atom. The zero-order chi connectivity index (χ0) is 22.2. The van der Waals surface area contributed by atoms with Crippen LogP contribution in [0.1, 0.15) is 70.8 Å². The molecule has 0 atom stereocenters. The number of hydrogen-bond acceptors (Lipinski definition) is 5. The minimum Gasteiger partial charge on any atom is -0.466 e. The number of carbonyl (C=O) groups excluding carboxylic acids is 2. The molecule has 0 aromatic heterocycles. The predicted molar refractivity (Wildman–Crippen MR) is 114 cm³/mol. The Kier molecular flexibility index (Phi) is 8.83. The molecule has 30 heavy (non-hydrogen) atoms. The van der Waals surface area contributed by atoms with E-state index in [4.69, 9.17) is 9.47 Å². The summed E-state index contributed by atoms with van der Waals surface area (Å²) in [5, 5.41) is 0. The lowest BCUT2D eigenvalue weighted by molar-refractivity contribution is -0.144. The van der Waals surface area contributed by atoms with E-state index in [1.165, 1.54) is 6.07 Å². The number of esters is 2. The molecule has 6 heteroatoms. The van der Waals surface area contributed by atoms with Crippen LogP contribution in [0.5, 0.6) is 0 Å². The van der Waals surface area contributed by atoms with E-state index in [-0.39, 0.29) is 28.7 Å². The van der Waals surface area contributed by atoms with Crippen molar-refractivity contribution in [2.45, 2.75) is 70.8 Å². The summed E-state index contributed by atoms with van der Waals surface area (Å²) in [4.78, 5) is 26.2. The van der Waals surface area contributed by atoms with Crippen molar-refractivity contribution < 1.29 is 23.5 Å². The number of nitrogens with zero attached hydrogens (tertiary/aromatic N) is 1. The van der Waals surface area contributed by atoms with Crippen LogP contribution in [0.25, 0.3) is 0 Å². The van der Waals surface area contributed by atoms with Crippen molar-refractivity contribution >= 4 is 11.9 Å². The Morgan fingerprint density at radius 2 is 1.50 bits per heavy atom. The van der Waals surface area contributed by atoms with Crippen LogP contribution in [0.4, 0.5) is 4.39 Å². The van der Waals surface area contributed by atoms with E-state index in [0.717, 1.165) is 31.2 Å². The molecule has 0 bridgehead atoms. The smallest absolute Gasteiger partial charge is 0.305 e. The third-order valence-electron chi connectivity index (χ3n) is 6.69. The highest BCUT2D eigenvalue weighted by Crippen LogP contribution is 2.52. The van der Waals surface area contributed by atoms with Gasteiger partial charge in [0.2, 0.25) is 0 Å². The van der Waals surface area contributed by atoms with Gasteiger partial charge in [-0.1, -0.05) is 12.1 Å². The molecule has 1 fully saturated rings. The van der Waals surface area contributed by atoms with Crippen LogP contribution in [-0.2, 0) is 24.6 Å². The summed E-state index contributed by atoms with van der Waals surface area (Å²) < 4.78 is 24.2. The average Bonchev–Trinajstić information content (AvgIpc) is 2.72. The molecule has 0 heterocycles. The van der Waals surface area contributed by atoms with E-state index < -0.39 is 0 Å². The lowest BCUT2D eigenvalue weighted by Gasteiger charge is -2.50. The molecule has 1 aliphatic rings. The molecular formula is C24H36FNO4. The number of ether oxygens (including phenoxy) is 2. The molecule has 1 saturated carbocycles. The van der Waals surface area contributed by atoms with E-state index >= 15 is 0 Å². The summed E-state index contributed by atoms with van der Waals surface area (Å²) in [6.07, 6.45) is 5.50. The van der Waals surface area contributed by atoms with Crippen molar-refractivity contribution in [3.8, 4) is 0 Å². The first kappa shape index (κ1) is 24.3. The van der Waals surface area contributed by atoms with Gasteiger partial charge in [-0.3, -0.25) is 14.5 Å². The Labute approximate surface area is 179 Å². The quantitative estimate of drug-likeness (QED) is 0.507. The summed E-state index contributed by atoms with van der Waals surface area (Å²) >= 11 is 0. The fourth-order valence-corrected chi connectivity index (χ4v) is 4.79. The van der Waals surface area contributed by atoms with Gasteiger partial charge in [-0.25, -0.2) is 4.39 Å². The fourth-order valence-electron chi connectivity index (χ4n) is 4.79. The van der Waals surface area contributed by atoms with Crippen LogP contribution >= 0.6 is 0 Å². The van der Waals surface area contributed by atoms with Gasteiger partial charge in [0.25, 0.3) is 0 Å². The van der Waals surface area contributed by atoms with Crippen LogP contribution in [-0.4, -0.2) is 44.1 Å². The molecule has 0 saturated heterocycles. The summed E-state index contributed by atoms with van der Waals surface area (Å²) in [7, 11) is 4.07. The highest BCUT2D eigenvalue weighted by molar-refractivity contribution is 5.70. The van der Waals surface area contributed by atoms with Gasteiger partial charge in [0, 0.05) is 18.4 Å².